The van der Waals surface area contributed by atoms with Crippen molar-refractivity contribution in [1.29, 1.82) is 0 Å². The van der Waals surface area contributed by atoms with Crippen molar-refractivity contribution in [3.8, 4) is 0 Å². The summed E-state index contributed by atoms with van der Waals surface area (Å²) in [6, 6.07) is 24.2. The quantitative estimate of drug-likeness (QED) is 0.187. The van der Waals surface area contributed by atoms with Gasteiger partial charge in [-0.25, -0.2) is 0 Å². The Balaban J connectivity index is 1.35. The Morgan fingerprint density at radius 3 is 2.74 bits per heavy atom. The van der Waals surface area contributed by atoms with Gasteiger partial charge in [0, 0.05) is 35.1 Å². The molecule has 1 fully saturated rings. The molecule has 1 aromatic heterocycles. The zero-order chi connectivity index (χ0) is 23.8. The topological polar surface area (TPSA) is 33.4 Å². The van der Waals surface area contributed by atoms with E-state index in [-0.39, 0.29) is 6.73 Å². The summed E-state index contributed by atoms with van der Waals surface area (Å²) in [5.41, 5.74) is 6.43. The Morgan fingerprint density at radius 2 is 1.89 bits per heavy atom. The monoisotopic (exact) mass is 545 g/mol. The van der Waals surface area contributed by atoms with Gasteiger partial charge in [-0.05, 0) is 69.7 Å². The van der Waals surface area contributed by atoms with Gasteiger partial charge in [-0.2, -0.15) is 0 Å². The lowest BCUT2D eigenvalue weighted by atomic mass is 9.96. The van der Waals surface area contributed by atoms with Crippen LogP contribution in [0, 0.1) is 0 Å². The molecule has 0 saturated heterocycles. The van der Waals surface area contributed by atoms with Crippen LogP contribution < -0.4 is 9.47 Å². The molecule has 35 heavy (non-hydrogen) atoms. The highest BCUT2D eigenvalue weighted by Crippen LogP contribution is 2.52. The van der Waals surface area contributed by atoms with E-state index in [2.05, 4.69) is 87.6 Å². The highest BCUT2D eigenvalue weighted by molar-refractivity contribution is 9.10. The first-order valence-corrected chi connectivity index (χ1v) is 13.6. The number of fused-ring (bicyclic) bond motifs is 4. The number of halogens is 1. The molecule has 1 saturated carbocycles. The molecule has 4 aromatic rings. The van der Waals surface area contributed by atoms with Crippen LogP contribution in [0.15, 0.2) is 71.2 Å². The molecule has 2 aliphatic rings. The maximum Gasteiger partial charge on any atom is 0.297 e. The van der Waals surface area contributed by atoms with Crippen LogP contribution in [0.1, 0.15) is 46.9 Å². The lowest BCUT2D eigenvalue weighted by Gasteiger charge is -2.28. The average Bonchev–Trinajstić information content (AvgIpc) is 3.56. The van der Waals surface area contributed by atoms with E-state index in [9.17, 15) is 4.79 Å². The second-order valence-corrected chi connectivity index (χ2v) is 11.1. The van der Waals surface area contributed by atoms with E-state index in [1.807, 2.05) is 16.7 Å². The number of aromatic nitrogens is 1. The minimum atomic E-state index is 0.208. The molecule has 0 radical (unpaired) electrons. The molecule has 2 heterocycles. The summed E-state index contributed by atoms with van der Waals surface area (Å²) in [5.74, 6) is 0.591. The summed E-state index contributed by atoms with van der Waals surface area (Å²) in [6.45, 7) is 1.66. The minimum Gasteiger partial charge on any atom is -0.407 e. The van der Waals surface area contributed by atoms with Crippen molar-refractivity contribution in [3.05, 3.63) is 92.9 Å². The first-order valence-electron chi connectivity index (χ1n) is 12.0. The second kappa shape index (κ2) is 9.59. The summed E-state index contributed by atoms with van der Waals surface area (Å²) in [5, 5.41) is 1.05. The number of para-hydroxylation sites is 1. The van der Waals surface area contributed by atoms with E-state index in [0.29, 0.717) is 18.4 Å². The van der Waals surface area contributed by atoms with Crippen molar-refractivity contribution in [1.82, 2.24) is 0 Å². The Labute approximate surface area is 217 Å². The van der Waals surface area contributed by atoms with Crippen molar-refractivity contribution in [2.24, 2.45) is 0 Å². The molecule has 6 heteroatoms. The summed E-state index contributed by atoms with van der Waals surface area (Å²) in [7, 11) is 0. The van der Waals surface area contributed by atoms with Gasteiger partial charge in [-0.15, -0.1) is 4.57 Å². The van der Waals surface area contributed by atoms with E-state index in [4.69, 9.17) is 4.74 Å². The Morgan fingerprint density at radius 1 is 1.06 bits per heavy atom. The third kappa shape index (κ3) is 4.19. The van der Waals surface area contributed by atoms with Gasteiger partial charge in [0.05, 0.1) is 5.69 Å². The number of benzene rings is 3. The molecular formula is C29H26BrN2O2S+. The van der Waals surface area contributed by atoms with Crippen LogP contribution in [0.3, 0.4) is 0 Å². The summed E-state index contributed by atoms with van der Waals surface area (Å²) >= 11 is 5.63. The first kappa shape index (κ1) is 22.5. The fourth-order valence-corrected chi connectivity index (χ4v) is 7.50. The third-order valence-electron chi connectivity index (χ3n) is 7.20. The molecule has 3 aromatic carbocycles. The molecule has 1 aliphatic heterocycles. The van der Waals surface area contributed by atoms with Gasteiger partial charge < -0.3 is 9.64 Å². The van der Waals surface area contributed by atoms with Gasteiger partial charge in [0.25, 0.3) is 18.2 Å². The average molecular weight is 547 g/mol. The second-order valence-electron chi connectivity index (χ2n) is 9.22. The number of ether oxygens (including phenoxy) is 1. The molecule has 0 N–H and O–H groups in total. The van der Waals surface area contributed by atoms with Crippen LogP contribution >= 0.6 is 27.3 Å². The number of hydrogen-bond acceptors (Lipinski definition) is 4. The predicted molar refractivity (Wildman–Crippen MR) is 145 cm³/mol. The maximum atomic E-state index is 10.8. The fraction of sp³-hybridized carbons (Fsp3) is 0.241. The van der Waals surface area contributed by atoms with Gasteiger partial charge in [-0.3, -0.25) is 4.79 Å². The highest BCUT2D eigenvalue weighted by Gasteiger charge is 2.42. The van der Waals surface area contributed by atoms with Crippen molar-refractivity contribution in [3.63, 3.8) is 0 Å². The van der Waals surface area contributed by atoms with E-state index >= 15 is 0 Å². The predicted octanol–water partition coefficient (Wildman–Crippen LogP) is 6.91. The first-order chi connectivity index (χ1) is 17.2. The van der Waals surface area contributed by atoms with Gasteiger partial charge in [0.1, 0.15) is 4.70 Å². The smallest absolute Gasteiger partial charge is 0.297 e. The van der Waals surface area contributed by atoms with Crippen molar-refractivity contribution >= 4 is 61.8 Å². The molecule has 6 rings (SSSR count). The molecule has 0 bridgehead atoms. The van der Waals surface area contributed by atoms with Crippen LogP contribution in [0.5, 0.6) is 0 Å². The van der Waals surface area contributed by atoms with Crippen LogP contribution in [0.25, 0.3) is 22.4 Å². The van der Waals surface area contributed by atoms with Crippen LogP contribution in [0.2, 0.25) is 0 Å². The molecule has 2 atom stereocenters. The van der Waals surface area contributed by atoms with Gasteiger partial charge in [-0.1, -0.05) is 60.2 Å². The highest BCUT2D eigenvalue weighted by atomic mass is 79.9. The van der Waals surface area contributed by atoms with E-state index in [1.165, 1.54) is 46.3 Å². The zero-order valence-corrected chi connectivity index (χ0v) is 21.7. The van der Waals surface area contributed by atoms with E-state index < -0.39 is 0 Å². The molecule has 1 aliphatic carbocycles. The van der Waals surface area contributed by atoms with Crippen LogP contribution in [0.4, 0.5) is 5.69 Å². The lowest BCUT2D eigenvalue weighted by molar-refractivity contribution is -0.700. The molecule has 2 unspecified atom stereocenters. The summed E-state index contributed by atoms with van der Waals surface area (Å²) in [6.07, 6.45) is 8.10. The Bertz CT molecular complexity index is 1420. The van der Waals surface area contributed by atoms with Gasteiger partial charge >= 0.3 is 0 Å². The van der Waals surface area contributed by atoms with Crippen molar-refractivity contribution in [2.75, 3.05) is 4.90 Å². The van der Waals surface area contributed by atoms with Crippen molar-refractivity contribution < 1.29 is 14.1 Å². The molecule has 0 spiro atoms. The normalized spacial score (nSPS) is 18.8. The number of carbonyl (C=O) groups is 1. The molecule has 0 amide bonds. The SMILES string of the molecule is O=COC[n+]1c(/C=C/c2cc(Br)c3c(c2)C2CCCC2N3Cc2ccccc2)sc2ccccc21. The standard InChI is InChI=1S/C29H26BrN2O2S/c30-24-16-21(13-14-28-32(18-34-19-33)26-10-4-5-12-27(26)35-28)15-23-22-9-6-11-25(22)31(29(23)24)17-20-7-2-1-3-8-20/h1-5,7-8,10,12-16,19,22,25H,6,9,11,17-18H2/q+1. The van der Waals surface area contributed by atoms with Crippen LogP contribution in [-0.4, -0.2) is 12.5 Å². The number of anilines is 1. The summed E-state index contributed by atoms with van der Waals surface area (Å²) < 4.78 is 9.48. The Kier molecular flexibility index (Phi) is 6.17. The number of hydrogen-bond donors (Lipinski definition) is 0. The largest absolute Gasteiger partial charge is 0.407 e. The van der Waals surface area contributed by atoms with Crippen molar-refractivity contribution in [2.45, 2.75) is 44.5 Å². The molecular weight excluding hydrogens is 520 g/mol. The maximum absolute atomic E-state index is 10.8. The number of thiazole rings is 1. The third-order valence-corrected chi connectivity index (χ3v) is 8.94. The molecule has 176 valence electrons. The summed E-state index contributed by atoms with van der Waals surface area (Å²) in [4.78, 5) is 13.5. The minimum absolute atomic E-state index is 0.208. The number of rotatable bonds is 7. The fourth-order valence-electron chi connectivity index (χ4n) is 5.73. The lowest BCUT2D eigenvalue weighted by Crippen LogP contribution is -2.36. The number of nitrogens with zero attached hydrogens (tertiary/aromatic N) is 2. The number of carbonyl (C=O) groups excluding carboxylic acids is 1. The van der Waals surface area contributed by atoms with Gasteiger partial charge in [0.15, 0.2) is 0 Å². The van der Waals surface area contributed by atoms with Crippen LogP contribution in [-0.2, 0) is 22.8 Å². The Hall–Kier alpha value is -2.96. The van der Waals surface area contributed by atoms with Gasteiger partial charge in [0.2, 0.25) is 5.52 Å². The molecule has 4 nitrogen and oxygen atoms in total. The van der Waals surface area contributed by atoms with E-state index in [0.717, 1.165) is 21.5 Å². The van der Waals surface area contributed by atoms with E-state index in [1.54, 1.807) is 11.3 Å². The zero-order valence-electron chi connectivity index (χ0n) is 19.3.